The fraction of sp³-hybridized carbons (Fsp3) is 0.0909. The molecule has 1 aliphatic heterocycles. The van der Waals surface area contributed by atoms with E-state index in [1.165, 1.54) is 32.4 Å². The second-order valence-corrected chi connectivity index (χ2v) is 7.56. The molecule has 0 unspecified atom stereocenters. The Kier molecular flexibility index (Phi) is 5.69. The lowest BCUT2D eigenvalue weighted by molar-refractivity contribution is -0.384. The predicted molar refractivity (Wildman–Crippen MR) is 119 cm³/mol. The third-order valence-electron chi connectivity index (χ3n) is 4.66. The normalized spacial score (nSPS) is 14.8. The van der Waals surface area contributed by atoms with Gasteiger partial charge in [0.15, 0.2) is 0 Å². The largest absolute Gasteiger partial charge is 0.497 e. The highest BCUT2D eigenvalue weighted by molar-refractivity contribution is 8.19. The quantitative estimate of drug-likeness (QED) is 0.288. The van der Waals surface area contributed by atoms with Crippen LogP contribution >= 0.6 is 11.8 Å². The third kappa shape index (κ3) is 3.95. The molecule has 2 amide bonds. The van der Waals surface area contributed by atoms with Gasteiger partial charge < -0.3 is 13.9 Å². The molecule has 3 aromatic rings. The van der Waals surface area contributed by atoms with E-state index in [4.69, 9.17) is 13.9 Å². The summed E-state index contributed by atoms with van der Waals surface area (Å²) in [7, 11) is 2.94. The van der Waals surface area contributed by atoms with Crippen LogP contribution in [0.4, 0.5) is 16.2 Å². The number of nitrogens with zero attached hydrogens (tertiary/aromatic N) is 2. The molecule has 0 radical (unpaired) electrons. The summed E-state index contributed by atoms with van der Waals surface area (Å²) in [5.74, 6) is 1.06. The van der Waals surface area contributed by atoms with Gasteiger partial charge in [-0.05, 0) is 36.0 Å². The first-order valence-electron chi connectivity index (χ1n) is 9.26. The lowest BCUT2D eigenvalue weighted by Crippen LogP contribution is -2.28. The molecule has 0 atom stereocenters. The fourth-order valence-corrected chi connectivity index (χ4v) is 3.95. The van der Waals surface area contributed by atoms with Gasteiger partial charge in [0.2, 0.25) is 0 Å². The van der Waals surface area contributed by atoms with Crippen LogP contribution in [0.2, 0.25) is 0 Å². The molecule has 10 heteroatoms. The Hall–Kier alpha value is -4.05. The first-order chi connectivity index (χ1) is 15.4. The first kappa shape index (κ1) is 21.2. The van der Waals surface area contributed by atoms with Gasteiger partial charge in [0.1, 0.15) is 23.0 Å². The number of rotatable bonds is 6. The highest BCUT2D eigenvalue weighted by atomic mass is 32.2. The van der Waals surface area contributed by atoms with Crippen molar-refractivity contribution in [2.45, 2.75) is 0 Å². The molecule has 1 saturated heterocycles. The van der Waals surface area contributed by atoms with Crippen LogP contribution in [-0.2, 0) is 4.79 Å². The van der Waals surface area contributed by atoms with Crippen LogP contribution in [0, 0.1) is 10.1 Å². The van der Waals surface area contributed by atoms with E-state index in [9.17, 15) is 19.7 Å². The number of ether oxygens (including phenoxy) is 2. The number of nitro benzene ring substituents is 1. The van der Waals surface area contributed by atoms with Crippen molar-refractivity contribution in [3.05, 3.63) is 75.4 Å². The molecule has 1 aliphatic rings. The van der Waals surface area contributed by atoms with Gasteiger partial charge in [-0.3, -0.25) is 19.7 Å². The van der Waals surface area contributed by atoms with Gasteiger partial charge in [-0.1, -0.05) is 12.1 Å². The third-order valence-corrected chi connectivity index (χ3v) is 5.53. The molecule has 2 aromatic carbocycles. The number of non-ortho nitro benzene ring substituents is 1. The highest BCUT2D eigenvalue weighted by Gasteiger charge is 2.38. The molecule has 1 fully saturated rings. The Labute approximate surface area is 186 Å². The van der Waals surface area contributed by atoms with Crippen molar-refractivity contribution in [2.75, 3.05) is 19.1 Å². The molecule has 4 rings (SSSR count). The van der Waals surface area contributed by atoms with Gasteiger partial charge in [0.25, 0.3) is 16.8 Å². The molecule has 9 nitrogen and oxygen atoms in total. The molecule has 0 aliphatic carbocycles. The van der Waals surface area contributed by atoms with E-state index in [-0.39, 0.29) is 10.6 Å². The van der Waals surface area contributed by atoms with E-state index in [1.54, 1.807) is 42.5 Å². The van der Waals surface area contributed by atoms with Crippen molar-refractivity contribution < 1.29 is 28.4 Å². The van der Waals surface area contributed by atoms with Crippen molar-refractivity contribution in [2.24, 2.45) is 0 Å². The van der Waals surface area contributed by atoms with Crippen molar-refractivity contribution in [3.63, 3.8) is 0 Å². The van der Waals surface area contributed by atoms with Crippen LogP contribution in [0.25, 0.3) is 17.4 Å². The topological polar surface area (TPSA) is 112 Å². The maximum Gasteiger partial charge on any atom is 0.298 e. The van der Waals surface area contributed by atoms with Crippen LogP contribution < -0.4 is 14.4 Å². The summed E-state index contributed by atoms with van der Waals surface area (Å²) < 4.78 is 16.2. The fourth-order valence-electron chi connectivity index (χ4n) is 3.13. The number of thioether (sulfide) groups is 1. The molecule has 0 N–H and O–H groups in total. The summed E-state index contributed by atoms with van der Waals surface area (Å²) >= 11 is 0.774. The minimum Gasteiger partial charge on any atom is -0.497 e. The SMILES string of the molecule is COc1ccc(N2C(=O)S/C(=C/c3ccc(-c4cccc([N+](=O)[O-])c4)o3)C2=O)c(OC)c1. The molecule has 2 heterocycles. The molecular weight excluding hydrogens is 436 g/mol. The van der Waals surface area contributed by atoms with Gasteiger partial charge in [0.05, 0.1) is 29.7 Å². The van der Waals surface area contributed by atoms with E-state index >= 15 is 0 Å². The van der Waals surface area contributed by atoms with Gasteiger partial charge in [-0.15, -0.1) is 0 Å². The molecule has 1 aromatic heterocycles. The summed E-state index contributed by atoms with van der Waals surface area (Å²) in [6.07, 6.45) is 1.46. The number of benzene rings is 2. The maximum atomic E-state index is 13.0. The summed E-state index contributed by atoms with van der Waals surface area (Å²) in [6.45, 7) is 0. The Morgan fingerprint density at radius 2 is 1.88 bits per heavy atom. The lowest BCUT2D eigenvalue weighted by Gasteiger charge is -2.16. The summed E-state index contributed by atoms with van der Waals surface area (Å²) in [5.41, 5.74) is 0.765. The Morgan fingerprint density at radius 3 is 2.59 bits per heavy atom. The van der Waals surface area contributed by atoms with Crippen LogP contribution in [0.3, 0.4) is 0 Å². The van der Waals surface area contributed by atoms with Gasteiger partial charge in [0, 0.05) is 29.8 Å². The van der Waals surface area contributed by atoms with E-state index in [1.807, 2.05) is 0 Å². The average Bonchev–Trinajstić information content (AvgIpc) is 3.37. The number of furan rings is 1. The number of hydrogen-bond acceptors (Lipinski definition) is 8. The van der Waals surface area contributed by atoms with E-state index in [2.05, 4.69) is 0 Å². The minimum absolute atomic E-state index is 0.0602. The number of hydrogen-bond donors (Lipinski definition) is 0. The van der Waals surface area contributed by atoms with Crippen molar-refractivity contribution in [1.82, 2.24) is 0 Å². The lowest BCUT2D eigenvalue weighted by atomic mass is 10.1. The van der Waals surface area contributed by atoms with Crippen molar-refractivity contribution in [3.8, 4) is 22.8 Å². The monoisotopic (exact) mass is 452 g/mol. The standard InChI is InChI=1S/C22H16N2O7S/c1-29-15-6-8-17(19(11-15)30-2)23-21(25)20(32-22(23)26)12-16-7-9-18(31-16)13-4-3-5-14(10-13)24(27)28/h3-12H,1-2H3/b20-12+. The van der Waals surface area contributed by atoms with E-state index < -0.39 is 16.1 Å². The zero-order chi connectivity index (χ0) is 22.8. The van der Waals surface area contributed by atoms with E-state index in [0.29, 0.717) is 34.3 Å². The van der Waals surface area contributed by atoms with Gasteiger partial charge in [-0.25, -0.2) is 4.90 Å². The zero-order valence-corrected chi connectivity index (χ0v) is 17.8. The molecule has 0 saturated carbocycles. The smallest absolute Gasteiger partial charge is 0.298 e. The molecule has 162 valence electrons. The average molecular weight is 452 g/mol. The van der Waals surface area contributed by atoms with Crippen LogP contribution in [0.1, 0.15) is 5.76 Å². The Balaban J connectivity index is 1.62. The number of nitro groups is 1. The Morgan fingerprint density at radius 1 is 1.06 bits per heavy atom. The summed E-state index contributed by atoms with van der Waals surface area (Å²) in [6, 6.07) is 14.1. The maximum absolute atomic E-state index is 13.0. The minimum atomic E-state index is -0.517. The Bertz CT molecular complexity index is 1260. The second kappa shape index (κ2) is 8.60. The molecule has 0 bridgehead atoms. The van der Waals surface area contributed by atoms with Crippen molar-refractivity contribution in [1.29, 1.82) is 0 Å². The predicted octanol–water partition coefficient (Wildman–Crippen LogP) is 5.11. The number of anilines is 1. The summed E-state index contributed by atoms with van der Waals surface area (Å²) in [4.78, 5) is 37.2. The number of amides is 2. The number of imide groups is 1. The van der Waals surface area contributed by atoms with Gasteiger partial charge >= 0.3 is 0 Å². The molecule has 0 spiro atoms. The first-order valence-corrected chi connectivity index (χ1v) is 10.1. The van der Waals surface area contributed by atoms with E-state index in [0.717, 1.165) is 16.7 Å². The second-order valence-electron chi connectivity index (χ2n) is 6.56. The zero-order valence-electron chi connectivity index (χ0n) is 16.9. The number of carbonyl (C=O) groups is 2. The van der Waals surface area contributed by atoms with Gasteiger partial charge in [-0.2, -0.15) is 0 Å². The molecule has 32 heavy (non-hydrogen) atoms. The molecular formula is C22H16N2O7S. The van der Waals surface area contributed by atoms with Crippen LogP contribution in [0.5, 0.6) is 11.5 Å². The highest BCUT2D eigenvalue weighted by Crippen LogP contribution is 2.41. The number of methoxy groups -OCH3 is 2. The number of carbonyl (C=O) groups excluding carboxylic acids is 2. The summed E-state index contributed by atoms with van der Waals surface area (Å²) in [5, 5.41) is 10.5. The van der Waals surface area contributed by atoms with Crippen molar-refractivity contribution >= 4 is 40.4 Å². The van der Waals surface area contributed by atoms with Crippen LogP contribution in [0.15, 0.2) is 63.9 Å². The van der Waals surface area contributed by atoms with Crippen LogP contribution in [-0.4, -0.2) is 30.3 Å².